The molecule has 0 spiro atoms. The predicted octanol–water partition coefficient (Wildman–Crippen LogP) is 0.328. The van der Waals surface area contributed by atoms with E-state index < -0.39 is 29.2 Å². The van der Waals surface area contributed by atoms with E-state index in [1.165, 1.54) is 52.8 Å². The number of hydrogen-bond donors (Lipinski definition) is 3. The van der Waals surface area contributed by atoms with Crippen LogP contribution >= 0.6 is 11.3 Å². The van der Waals surface area contributed by atoms with Crippen LogP contribution in [0.25, 0.3) is 5.69 Å². The first-order chi connectivity index (χ1) is 13.5. The molecule has 142 valence electrons. The fraction of sp³-hybridized carbons (Fsp3) is 0.125. The molecule has 0 saturated carbocycles. The molecule has 28 heavy (non-hydrogen) atoms. The van der Waals surface area contributed by atoms with E-state index in [2.05, 4.69) is 31.1 Å². The number of carbonyl (C=O) groups excluding carboxylic acids is 3. The Morgan fingerprint density at radius 3 is 2.71 bits per heavy atom. The van der Waals surface area contributed by atoms with Crippen molar-refractivity contribution in [3.63, 3.8) is 0 Å². The zero-order valence-corrected chi connectivity index (χ0v) is 14.9. The first-order valence-electron chi connectivity index (χ1n) is 7.98. The predicted molar refractivity (Wildman–Crippen MR) is 94.1 cm³/mol. The number of benzene rings is 1. The highest BCUT2D eigenvalue weighted by Gasteiger charge is 2.50. The van der Waals surface area contributed by atoms with E-state index in [1.54, 1.807) is 5.38 Å². The summed E-state index contributed by atoms with van der Waals surface area (Å²) in [5, 5.41) is 17.3. The smallest absolute Gasteiger partial charge is 0.322 e. The summed E-state index contributed by atoms with van der Waals surface area (Å²) in [4.78, 5) is 41.7. The van der Waals surface area contributed by atoms with Crippen molar-refractivity contribution >= 4 is 29.2 Å². The van der Waals surface area contributed by atoms with E-state index in [9.17, 15) is 18.8 Å². The van der Waals surface area contributed by atoms with Gasteiger partial charge < -0.3 is 10.6 Å². The van der Waals surface area contributed by atoms with E-state index in [-0.39, 0.29) is 12.2 Å². The molecular formula is C16H12FN7O3S. The minimum absolute atomic E-state index is 0.0108. The zero-order valence-electron chi connectivity index (χ0n) is 14.0. The molecule has 4 amide bonds. The Kier molecular flexibility index (Phi) is 4.31. The minimum Gasteiger partial charge on any atom is -0.347 e. The van der Waals surface area contributed by atoms with Gasteiger partial charge in [-0.15, -0.1) is 16.4 Å². The Balaban J connectivity index is 1.51. The number of halogens is 1. The lowest BCUT2D eigenvalue weighted by Crippen LogP contribution is -2.52. The fourth-order valence-electron chi connectivity index (χ4n) is 2.65. The van der Waals surface area contributed by atoms with Crippen LogP contribution in [0.3, 0.4) is 0 Å². The van der Waals surface area contributed by atoms with Crippen LogP contribution in [0.4, 0.5) is 9.18 Å². The SMILES string of the molecule is O=C1NC(=O)[C@](CNC(=O)c2cnn(-c3ccc(F)cc3)n2)(c2nccs2)N1. The van der Waals surface area contributed by atoms with Crippen LogP contribution in [-0.2, 0) is 10.3 Å². The Bertz CT molecular complexity index is 1050. The van der Waals surface area contributed by atoms with E-state index in [0.717, 1.165) is 0 Å². The number of amides is 4. The lowest BCUT2D eigenvalue weighted by molar-refractivity contribution is -0.124. The van der Waals surface area contributed by atoms with Crippen molar-refractivity contribution in [1.82, 2.24) is 35.9 Å². The van der Waals surface area contributed by atoms with Gasteiger partial charge in [-0.25, -0.2) is 14.2 Å². The third-order valence-electron chi connectivity index (χ3n) is 4.04. The van der Waals surface area contributed by atoms with Crippen LogP contribution in [0.2, 0.25) is 0 Å². The number of imide groups is 1. The van der Waals surface area contributed by atoms with Gasteiger partial charge in [-0.2, -0.15) is 9.90 Å². The third-order valence-corrected chi connectivity index (χ3v) is 4.97. The molecule has 3 heterocycles. The van der Waals surface area contributed by atoms with Crippen molar-refractivity contribution in [2.45, 2.75) is 5.54 Å². The summed E-state index contributed by atoms with van der Waals surface area (Å²) in [5.74, 6) is -1.61. The molecule has 0 unspecified atom stereocenters. The second-order valence-corrected chi connectivity index (χ2v) is 6.72. The van der Waals surface area contributed by atoms with Crippen LogP contribution in [0.1, 0.15) is 15.5 Å². The second-order valence-electron chi connectivity index (χ2n) is 5.83. The largest absolute Gasteiger partial charge is 0.347 e. The number of thiazole rings is 1. The number of hydrogen-bond acceptors (Lipinski definition) is 7. The van der Waals surface area contributed by atoms with E-state index >= 15 is 0 Å². The molecule has 3 N–H and O–H groups in total. The van der Waals surface area contributed by atoms with Gasteiger partial charge in [0.2, 0.25) is 0 Å². The summed E-state index contributed by atoms with van der Waals surface area (Å²) in [6.45, 7) is -0.222. The van der Waals surface area contributed by atoms with Crippen LogP contribution in [0.5, 0.6) is 0 Å². The molecule has 0 aliphatic carbocycles. The average molecular weight is 401 g/mol. The average Bonchev–Trinajstić information content (AvgIpc) is 3.41. The molecule has 2 aromatic heterocycles. The first-order valence-corrected chi connectivity index (χ1v) is 8.86. The van der Waals surface area contributed by atoms with Gasteiger partial charge in [-0.05, 0) is 24.3 Å². The van der Waals surface area contributed by atoms with Gasteiger partial charge in [0.05, 0.1) is 18.4 Å². The van der Waals surface area contributed by atoms with Crippen molar-refractivity contribution in [3.8, 4) is 5.69 Å². The minimum atomic E-state index is -1.49. The van der Waals surface area contributed by atoms with Crippen molar-refractivity contribution in [1.29, 1.82) is 0 Å². The summed E-state index contributed by atoms with van der Waals surface area (Å²) < 4.78 is 13.0. The lowest BCUT2D eigenvalue weighted by Gasteiger charge is -2.23. The van der Waals surface area contributed by atoms with Gasteiger partial charge in [0.25, 0.3) is 11.8 Å². The molecule has 1 aliphatic heterocycles. The maximum absolute atomic E-state index is 13.0. The topological polar surface area (TPSA) is 131 Å². The van der Waals surface area contributed by atoms with Gasteiger partial charge in [0.1, 0.15) is 10.8 Å². The van der Waals surface area contributed by atoms with Crippen molar-refractivity contribution < 1.29 is 18.8 Å². The Hall–Kier alpha value is -3.67. The van der Waals surface area contributed by atoms with Gasteiger partial charge in [-0.3, -0.25) is 14.9 Å². The molecule has 1 atom stereocenters. The molecule has 1 aromatic carbocycles. The quantitative estimate of drug-likeness (QED) is 0.528. The molecule has 0 bridgehead atoms. The highest BCUT2D eigenvalue weighted by atomic mass is 32.1. The molecule has 10 nitrogen and oxygen atoms in total. The molecule has 4 rings (SSSR count). The van der Waals surface area contributed by atoms with Crippen LogP contribution < -0.4 is 16.0 Å². The van der Waals surface area contributed by atoms with Crippen molar-refractivity contribution in [2.75, 3.05) is 6.54 Å². The van der Waals surface area contributed by atoms with Crippen LogP contribution in [0, 0.1) is 5.82 Å². The normalized spacial score (nSPS) is 18.6. The Morgan fingerprint density at radius 1 is 1.29 bits per heavy atom. The molecule has 3 aromatic rings. The first kappa shape index (κ1) is 17.7. The third kappa shape index (κ3) is 3.09. The molecule has 12 heteroatoms. The van der Waals surface area contributed by atoms with Crippen LogP contribution in [0.15, 0.2) is 42.0 Å². The fourth-order valence-corrected chi connectivity index (χ4v) is 3.44. The second kappa shape index (κ2) is 6.81. The Labute approximate surface area is 160 Å². The number of nitrogens with zero attached hydrogens (tertiary/aromatic N) is 4. The Morgan fingerprint density at radius 2 is 2.07 bits per heavy atom. The number of rotatable bonds is 5. The lowest BCUT2D eigenvalue weighted by atomic mass is 10.0. The molecule has 1 fully saturated rings. The number of carbonyl (C=O) groups is 3. The van der Waals surface area contributed by atoms with Gasteiger partial charge in [0, 0.05) is 11.6 Å². The zero-order chi connectivity index (χ0) is 19.7. The number of aromatic nitrogens is 4. The summed E-state index contributed by atoms with van der Waals surface area (Å²) in [7, 11) is 0. The standard InChI is InChI=1S/C16H12FN7O3S/c17-9-1-3-10(4-2-9)24-20-7-11(23-24)12(25)19-8-16(14-18-5-6-28-14)13(26)21-15(27)22-16/h1-7H,8H2,(H,19,25)(H2,21,22,26,27)/t16-/m1/s1. The van der Waals surface area contributed by atoms with E-state index in [0.29, 0.717) is 10.7 Å². The summed E-state index contributed by atoms with van der Waals surface area (Å²) in [6, 6.07) is 4.76. The summed E-state index contributed by atoms with van der Waals surface area (Å²) >= 11 is 1.17. The monoisotopic (exact) mass is 401 g/mol. The highest BCUT2D eigenvalue weighted by Crippen LogP contribution is 2.26. The maximum Gasteiger partial charge on any atom is 0.322 e. The number of nitrogens with one attached hydrogen (secondary N) is 3. The highest BCUT2D eigenvalue weighted by molar-refractivity contribution is 7.09. The van der Waals surface area contributed by atoms with Crippen molar-refractivity contribution in [2.24, 2.45) is 0 Å². The van der Waals surface area contributed by atoms with E-state index in [4.69, 9.17) is 0 Å². The van der Waals surface area contributed by atoms with Gasteiger partial charge >= 0.3 is 6.03 Å². The van der Waals surface area contributed by atoms with Crippen LogP contribution in [-0.4, -0.2) is 44.4 Å². The number of urea groups is 1. The summed E-state index contributed by atoms with van der Waals surface area (Å²) in [6.07, 6.45) is 2.73. The molecule has 1 aliphatic rings. The summed E-state index contributed by atoms with van der Waals surface area (Å²) in [5.41, 5.74) is -1.03. The molecular weight excluding hydrogens is 389 g/mol. The maximum atomic E-state index is 13.0. The van der Waals surface area contributed by atoms with Gasteiger partial charge in [-0.1, -0.05) is 0 Å². The molecule has 0 radical (unpaired) electrons. The molecule has 1 saturated heterocycles. The van der Waals surface area contributed by atoms with E-state index in [1.807, 2.05) is 0 Å². The van der Waals surface area contributed by atoms with Gasteiger partial charge in [0.15, 0.2) is 11.2 Å². The van der Waals surface area contributed by atoms with Crippen molar-refractivity contribution in [3.05, 3.63) is 58.6 Å².